The maximum Gasteiger partial charge on any atom is 0.337 e. The van der Waals surface area contributed by atoms with Crippen LogP contribution in [-0.2, 0) is 17.8 Å². The number of carbonyl (C=O) groups is 1. The summed E-state index contributed by atoms with van der Waals surface area (Å²) in [4.78, 5) is 28.9. The van der Waals surface area contributed by atoms with Gasteiger partial charge in [-0.25, -0.2) is 14.5 Å². The quantitative estimate of drug-likeness (QED) is 0.342. The van der Waals surface area contributed by atoms with Gasteiger partial charge in [-0.2, -0.15) is 5.10 Å². The predicted molar refractivity (Wildman–Crippen MR) is 141 cm³/mol. The number of nitrogen functional groups attached to an aromatic ring is 1. The van der Waals surface area contributed by atoms with Gasteiger partial charge in [0.15, 0.2) is 0 Å². The molecule has 0 radical (unpaired) electrons. The van der Waals surface area contributed by atoms with Crippen LogP contribution in [0.3, 0.4) is 0 Å². The van der Waals surface area contributed by atoms with Crippen LogP contribution in [0.2, 0.25) is 0 Å². The minimum atomic E-state index is -0.437. The number of hydrogen-bond donors (Lipinski definition) is 1. The van der Waals surface area contributed by atoms with Crippen LogP contribution < -0.4 is 16.0 Å². The van der Waals surface area contributed by atoms with E-state index in [-0.39, 0.29) is 12.1 Å². The van der Waals surface area contributed by atoms with Crippen molar-refractivity contribution in [3.8, 4) is 17.0 Å². The summed E-state index contributed by atoms with van der Waals surface area (Å²) in [6.07, 6.45) is 0. The van der Waals surface area contributed by atoms with Gasteiger partial charge in [-0.1, -0.05) is 24.3 Å². The summed E-state index contributed by atoms with van der Waals surface area (Å²) in [5.74, 6) is 0.677. The Hall–Kier alpha value is -4.92. The number of anilines is 1. The molecule has 37 heavy (non-hydrogen) atoms. The highest BCUT2D eigenvalue weighted by atomic mass is 16.5. The number of benzene rings is 3. The number of carbonyl (C=O) groups excluding carboxylic acids is 1. The molecule has 2 aromatic heterocycles. The van der Waals surface area contributed by atoms with E-state index in [9.17, 15) is 9.59 Å². The van der Waals surface area contributed by atoms with Crippen molar-refractivity contribution in [3.63, 3.8) is 0 Å². The van der Waals surface area contributed by atoms with Gasteiger partial charge in [0.1, 0.15) is 5.75 Å². The summed E-state index contributed by atoms with van der Waals surface area (Å²) in [6, 6.07) is 23.6. The summed E-state index contributed by atoms with van der Waals surface area (Å²) in [5, 5.41) is 4.60. The molecule has 2 heterocycles. The first kappa shape index (κ1) is 23.8. The molecule has 0 aliphatic heterocycles. The van der Waals surface area contributed by atoms with Gasteiger partial charge in [-0.15, -0.1) is 0 Å². The van der Waals surface area contributed by atoms with Crippen molar-refractivity contribution in [2.75, 3.05) is 20.0 Å². The van der Waals surface area contributed by atoms with E-state index in [4.69, 9.17) is 15.2 Å². The topological polar surface area (TPSA) is 114 Å². The molecule has 0 unspecified atom stereocenters. The van der Waals surface area contributed by atoms with E-state index in [1.165, 1.54) is 17.9 Å². The van der Waals surface area contributed by atoms with Crippen molar-refractivity contribution in [2.24, 2.45) is 0 Å². The number of imidazole rings is 1. The molecule has 0 saturated heterocycles. The molecule has 0 saturated carbocycles. The van der Waals surface area contributed by atoms with Crippen LogP contribution in [0.5, 0.6) is 5.75 Å². The van der Waals surface area contributed by atoms with Crippen LogP contribution in [0.25, 0.3) is 22.3 Å². The Bertz CT molecular complexity index is 1670. The summed E-state index contributed by atoms with van der Waals surface area (Å²) < 4.78 is 13.7. The Labute approximate surface area is 212 Å². The second kappa shape index (κ2) is 9.98. The molecule has 0 fully saturated rings. The molecule has 0 aliphatic carbocycles. The average Bonchev–Trinajstić information content (AvgIpc) is 3.24. The van der Waals surface area contributed by atoms with Gasteiger partial charge in [0.05, 0.1) is 49.6 Å². The molecule has 0 spiro atoms. The highest BCUT2D eigenvalue weighted by Crippen LogP contribution is 2.28. The molecule has 0 amide bonds. The van der Waals surface area contributed by atoms with Crippen LogP contribution in [0.15, 0.2) is 83.7 Å². The SMILES string of the molecule is COC(=O)c1cccc(Cn2nc(-c3ccc(OC)c(Cn4c(N)nc5ccccc54)c3)ccc2=O)c1. The average molecular weight is 496 g/mol. The molecule has 5 aromatic rings. The lowest BCUT2D eigenvalue weighted by atomic mass is 10.1. The summed E-state index contributed by atoms with van der Waals surface area (Å²) in [7, 11) is 2.95. The summed E-state index contributed by atoms with van der Waals surface area (Å²) >= 11 is 0. The molecule has 9 heteroatoms. The second-order valence-electron chi connectivity index (χ2n) is 8.48. The molecule has 9 nitrogen and oxygen atoms in total. The Morgan fingerprint density at radius 1 is 0.946 bits per heavy atom. The largest absolute Gasteiger partial charge is 0.496 e. The van der Waals surface area contributed by atoms with Gasteiger partial charge in [-0.3, -0.25) is 4.79 Å². The van der Waals surface area contributed by atoms with Crippen molar-refractivity contribution < 1.29 is 14.3 Å². The lowest BCUT2D eigenvalue weighted by Gasteiger charge is -2.14. The summed E-state index contributed by atoms with van der Waals surface area (Å²) in [6.45, 7) is 0.654. The van der Waals surface area contributed by atoms with Crippen molar-refractivity contribution in [3.05, 3.63) is 106 Å². The first-order valence-electron chi connectivity index (χ1n) is 11.6. The Morgan fingerprint density at radius 2 is 1.78 bits per heavy atom. The van der Waals surface area contributed by atoms with Gasteiger partial charge in [-0.05, 0) is 54.1 Å². The fourth-order valence-corrected chi connectivity index (χ4v) is 4.30. The minimum Gasteiger partial charge on any atom is -0.496 e. The zero-order valence-electron chi connectivity index (χ0n) is 20.4. The zero-order chi connectivity index (χ0) is 25.9. The molecule has 0 bridgehead atoms. The van der Waals surface area contributed by atoms with Crippen LogP contribution in [-0.4, -0.2) is 39.5 Å². The number of para-hydroxylation sites is 2. The molecule has 2 N–H and O–H groups in total. The van der Waals surface area contributed by atoms with Gasteiger partial charge in [0, 0.05) is 17.2 Å². The highest BCUT2D eigenvalue weighted by molar-refractivity contribution is 5.89. The first-order valence-corrected chi connectivity index (χ1v) is 11.6. The van der Waals surface area contributed by atoms with Gasteiger partial charge in [0.25, 0.3) is 5.56 Å². The number of rotatable bonds is 7. The van der Waals surface area contributed by atoms with E-state index >= 15 is 0 Å². The first-order chi connectivity index (χ1) is 18.0. The monoisotopic (exact) mass is 495 g/mol. The van der Waals surface area contributed by atoms with Crippen LogP contribution in [0.4, 0.5) is 5.95 Å². The van der Waals surface area contributed by atoms with Crippen LogP contribution in [0.1, 0.15) is 21.5 Å². The fraction of sp³-hybridized carbons (Fsp3) is 0.143. The highest BCUT2D eigenvalue weighted by Gasteiger charge is 2.14. The minimum absolute atomic E-state index is 0.206. The summed E-state index contributed by atoms with van der Waals surface area (Å²) in [5.41, 5.74) is 11.2. The van der Waals surface area contributed by atoms with Crippen molar-refractivity contribution in [2.45, 2.75) is 13.1 Å². The molecule has 0 atom stereocenters. The standard InChI is InChI=1S/C28H25N5O4/c1-36-25-12-10-19(15-21(25)17-32-24-9-4-3-8-23(24)30-28(32)29)22-11-13-26(34)33(31-22)16-18-6-5-7-20(14-18)27(35)37-2/h3-15H,16-17H2,1-2H3,(H2,29,30). The third kappa shape index (κ3) is 4.79. The smallest absolute Gasteiger partial charge is 0.337 e. The maximum atomic E-state index is 12.6. The number of aromatic nitrogens is 4. The van der Waals surface area contributed by atoms with E-state index in [2.05, 4.69) is 10.1 Å². The fourth-order valence-electron chi connectivity index (χ4n) is 4.30. The van der Waals surface area contributed by atoms with E-state index in [0.717, 1.165) is 27.7 Å². The molecule has 0 aliphatic rings. The molecular formula is C28H25N5O4. The predicted octanol–water partition coefficient (Wildman–Crippen LogP) is 3.73. The van der Waals surface area contributed by atoms with Crippen LogP contribution >= 0.6 is 0 Å². The number of nitrogens with zero attached hydrogens (tertiary/aromatic N) is 4. The van der Waals surface area contributed by atoms with Gasteiger partial charge in [0.2, 0.25) is 5.95 Å². The lowest BCUT2D eigenvalue weighted by Crippen LogP contribution is -2.23. The van der Waals surface area contributed by atoms with Crippen molar-refractivity contribution >= 4 is 23.0 Å². The van der Waals surface area contributed by atoms with E-state index in [0.29, 0.717) is 29.5 Å². The van der Waals surface area contributed by atoms with Gasteiger partial charge < -0.3 is 19.8 Å². The Balaban J connectivity index is 1.49. The molecular weight excluding hydrogens is 470 g/mol. The third-order valence-corrected chi connectivity index (χ3v) is 6.14. The number of fused-ring (bicyclic) bond motifs is 1. The Morgan fingerprint density at radius 3 is 2.59 bits per heavy atom. The Kier molecular flexibility index (Phi) is 6.42. The van der Waals surface area contributed by atoms with E-state index in [1.54, 1.807) is 31.4 Å². The number of hydrogen-bond acceptors (Lipinski definition) is 7. The maximum absolute atomic E-state index is 12.6. The van der Waals surface area contributed by atoms with E-state index < -0.39 is 5.97 Å². The molecule has 3 aromatic carbocycles. The molecule has 5 rings (SSSR count). The number of methoxy groups -OCH3 is 2. The van der Waals surface area contributed by atoms with E-state index in [1.807, 2.05) is 53.1 Å². The van der Waals surface area contributed by atoms with Gasteiger partial charge >= 0.3 is 5.97 Å². The van der Waals surface area contributed by atoms with Crippen molar-refractivity contribution in [1.82, 2.24) is 19.3 Å². The number of ether oxygens (including phenoxy) is 2. The number of esters is 1. The van der Waals surface area contributed by atoms with Crippen LogP contribution in [0, 0.1) is 0 Å². The number of nitrogens with two attached hydrogens (primary N) is 1. The van der Waals surface area contributed by atoms with Crippen molar-refractivity contribution in [1.29, 1.82) is 0 Å². The molecule has 186 valence electrons. The third-order valence-electron chi connectivity index (χ3n) is 6.14. The second-order valence-corrected chi connectivity index (χ2v) is 8.48. The normalized spacial score (nSPS) is 11.0. The zero-order valence-corrected chi connectivity index (χ0v) is 20.4. The lowest BCUT2D eigenvalue weighted by molar-refractivity contribution is 0.0600.